The van der Waals surface area contributed by atoms with Crippen LogP contribution in [0.3, 0.4) is 0 Å². The number of rotatable bonds is 3. The lowest BCUT2D eigenvalue weighted by molar-refractivity contribution is 0.456. The fourth-order valence-electron chi connectivity index (χ4n) is 3.01. The number of azo groups is 1. The third-order valence-corrected chi connectivity index (χ3v) is 5.16. The van der Waals surface area contributed by atoms with Crippen LogP contribution in [0.4, 0.5) is 10.8 Å². The molecule has 1 aliphatic heterocycles. The normalized spacial score (nSPS) is 14.5. The molecule has 3 heterocycles. The number of hydrogen-bond acceptors (Lipinski definition) is 7. The standard InChI is InChI=1S/C20H13N5O2S/c26-18-16(10-12-9-11-5-1-3-7-14(11)21-12)28-20(23-18)25-24-17-13-6-2-4-8-15(13)22-19(17)27/h1-10,22,26-27H/b12-10-,25-24?. The molecule has 0 saturated carbocycles. The van der Waals surface area contributed by atoms with Gasteiger partial charge in [0.1, 0.15) is 0 Å². The number of nitrogens with zero attached hydrogens (tertiary/aromatic N) is 4. The molecule has 0 bridgehead atoms. The molecule has 7 nitrogen and oxygen atoms in total. The molecule has 0 unspecified atom stereocenters. The second kappa shape index (κ2) is 6.43. The zero-order chi connectivity index (χ0) is 19.1. The first-order valence-electron chi connectivity index (χ1n) is 8.46. The predicted octanol–water partition coefficient (Wildman–Crippen LogP) is 3.91. The van der Waals surface area contributed by atoms with Gasteiger partial charge in [0.05, 0.1) is 21.4 Å². The summed E-state index contributed by atoms with van der Waals surface area (Å²) in [5.41, 5.74) is 1.83. The molecule has 0 saturated heterocycles. The van der Waals surface area contributed by atoms with Crippen LogP contribution in [0.2, 0.25) is 0 Å². The number of benzene rings is 2. The fraction of sp³-hybridized carbons (Fsp3) is 0. The molecular formula is C20H13N5O2S. The number of H-pyrrole nitrogens is 1. The molecule has 5 rings (SSSR count). The Morgan fingerprint density at radius 2 is 1.82 bits per heavy atom. The van der Waals surface area contributed by atoms with Crippen molar-refractivity contribution in [2.45, 2.75) is 0 Å². The van der Waals surface area contributed by atoms with E-state index in [-0.39, 0.29) is 16.9 Å². The van der Waals surface area contributed by atoms with Crippen molar-refractivity contribution in [2.75, 3.05) is 0 Å². The van der Waals surface area contributed by atoms with E-state index in [1.54, 1.807) is 6.08 Å². The summed E-state index contributed by atoms with van der Waals surface area (Å²) in [5.74, 6) is -0.195. The number of hydrogen-bond donors (Lipinski definition) is 3. The van der Waals surface area contributed by atoms with Crippen molar-refractivity contribution < 1.29 is 10.2 Å². The molecular weight excluding hydrogens is 374 g/mol. The summed E-state index contributed by atoms with van der Waals surface area (Å²) < 4.78 is 0. The van der Waals surface area contributed by atoms with E-state index in [1.807, 2.05) is 54.6 Å². The minimum Gasteiger partial charge on any atom is -0.493 e. The van der Waals surface area contributed by atoms with E-state index in [4.69, 9.17) is 0 Å². The van der Waals surface area contributed by atoms with Crippen LogP contribution in [0.1, 0.15) is 4.88 Å². The van der Waals surface area contributed by atoms with Gasteiger partial charge in [0.15, 0.2) is 5.69 Å². The van der Waals surface area contributed by atoms with E-state index in [0.29, 0.717) is 10.6 Å². The quantitative estimate of drug-likeness (QED) is 0.464. The topological polar surface area (TPSA) is 106 Å². The number of aromatic nitrogens is 2. The van der Waals surface area contributed by atoms with E-state index in [1.165, 1.54) is 11.3 Å². The van der Waals surface area contributed by atoms with Crippen molar-refractivity contribution in [2.24, 2.45) is 15.2 Å². The minimum atomic E-state index is -0.130. The lowest BCUT2D eigenvalue weighted by atomic mass is 10.2. The third kappa shape index (κ3) is 2.85. The van der Waals surface area contributed by atoms with Gasteiger partial charge in [-0.15, -0.1) is 10.2 Å². The van der Waals surface area contributed by atoms with E-state index < -0.39 is 0 Å². The highest BCUT2D eigenvalue weighted by Gasteiger charge is 2.12. The Hall–Kier alpha value is -3.78. The summed E-state index contributed by atoms with van der Waals surface area (Å²) in [7, 11) is 0. The second-order valence-electron chi connectivity index (χ2n) is 6.14. The molecule has 3 N–H and O–H groups in total. The average Bonchev–Trinajstić information content (AvgIpc) is 3.35. The molecule has 0 aliphatic carbocycles. The molecule has 0 amide bonds. The highest BCUT2D eigenvalue weighted by molar-refractivity contribution is 7.16. The maximum absolute atomic E-state index is 10.1. The van der Waals surface area contributed by atoms with Crippen LogP contribution >= 0.6 is 11.3 Å². The van der Waals surface area contributed by atoms with E-state index >= 15 is 0 Å². The van der Waals surface area contributed by atoms with E-state index in [2.05, 4.69) is 25.2 Å². The van der Waals surface area contributed by atoms with Gasteiger partial charge >= 0.3 is 0 Å². The Kier molecular flexibility index (Phi) is 3.77. The van der Waals surface area contributed by atoms with Gasteiger partial charge in [0, 0.05) is 10.6 Å². The lowest BCUT2D eigenvalue weighted by Crippen LogP contribution is -2.19. The number of allylic oxidation sites excluding steroid dienone is 1. The van der Waals surface area contributed by atoms with Crippen LogP contribution < -0.4 is 10.6 Å². The van der Waals surface area contributed by atoms with Crippen LogP contribution in [0, 0.1) is 0 Å². The highest BCUT2D eigenvalue weighted by atomic mass is 32.1. The molecule has 2 aromatic heterocycles. The van der Waals surface area contributed by atoms with Gasteiger partial charge in [-0.1, -0.05) is 47.7 Å². The summed E-state index contributed by atoms with van der Waals surface area (Å²) in [4.78, 5) is 11.9. The molecule has 0 spiro atoms. The van der Waals surface area contributed by atoms with Gasteiger partial charge in [-0.3, -0.25) is 0 Å². The lowest BCUT2D eigenvalue weighted by Gasteiger charge is -1.89. The molecule has 4 aromatic rings. The van der Waals surface area contributed by atoms with Crippen molar-refractivity contribution in [3.8, 4) is 11.8 Å². The van der Waals surface area contributed by atoms with Crippen molar-refractivity contribution in [1.82, 2.24) is 9.97 Å². The van der Waals surface area contributed by atoms with Crippen LogP contribution in [-0.4, -0.2) is 20.2 Å². The Morgan fingerprint density at radius 1 is 1.00 bits per heavy atom. The minimum absolute atomic E-state index is 0.0646. The zero-order valence-corrected chi connectivity index (χ0v) is 15.2. The summed E-state index contributed by atoms with van der Waals surface area (Å²) in [6.45, 7) is 0. The Balaban J connectivity index is 1.47. The number of para-hydroxylation sites is 2. The maximum atomic E-state index is 10.1. The summed E-state index contributed by atoms with van der Waals surface area (Å²) in [5, 5.41) is 31.3. The zero-order valence-electron chi connectivity index (χ0n) is 14.4. The summed E-state index contributed by atoms with van der Waals surface area (Å²) >= 11 is 1.19. The Labute approximate surface area is 162 Å². The van der Waals surface area contributed by atoms with Gasteiger partial charge < -0.3 is 15.2 Å². The highest BCUT2D eigenvalue weighted by Crippen LogP contribution is 2.38. The molecule has 8 heteroatoms. The van der Waals surface area contributed by atoms with Gasteiger partial charge in [0.2, 0.25) is 16.9 Å². The molecule has 2 aromatic carbocycles. The molecule has 1 aliphatic rings. The maximum Gasteiger partial charge on any atom is 0.233 e. The first-order chi connectivity index (χ1) is 13.7. The van der Waals surface area contributed by atoms with Crippen LogP contribution in [0.25, 0.3) is 23.1 Å². The fourth-order valence-corrected chi connectivity index (χ4v) is 3.73. The predicted molar refractivity (Wildman–Crippen MR) is 108 cm³/mol. The van der Waals surface area contributed by atoms with Crippen LogP contribution in [0.15, 0.2) is 69.4 Å². The smallest absolute Gasteiger partial charge is 0.233 e. The SMILES string of the molecule is Oc1nc(N=Nc2c(O)[nH]c3ccccc23)sc1/C=C1/C=c2ccccc2=N1. The van der Waals surface area contributed by atoms with Gasteiger partial charge in [-0.05, 0) is 24.3 Å². The number of fused-ring (bicyclic) bond motifs is 2. The molecule has 0 fully saturated rings. The van der Waals surface area contributed by atoms with Gasteiger partial charge in [-0.25, -0.2) is 4.99 Å². The number of nitrogens with one attached hydrogen (secondary N) is 1. The van der Waals surface area contributed by atoms with E-state index in [0.717, 1.165) is 27.2 Å². The van der Waals surface area contributed by atoms with Crippen LogP contribution in [0.5, 0.6) is 11.8 Å². The molecule has 28 heavy (non-hydrogen) atoms. The van der Waals surface area contributed by atoms with Crippen LogP contribution in [-0.2, 0) is 0 Å². The van der Waals surface area contributed by atoms with Crippen molar-refractivity contribution in [3.63, 3.8) is 0 Å². The number of thiazole rings is 1. The second-order valence-corrected chi connectivity index (χ2v) is 7.15. The monoisotopic (exact) mass is 387 g/mol. The molecule has 0 atom stereocenters. The van der Waals surface area contributed by atoms with Crippen molar-refractivity contribution >= 4 is 45.2 Å². The molecule has 136 valence electrons. The van der Waals surface area contributed by atoms with Crippen molar-refractivity contribution in [1.29, 1.82) is 0 Å². The average molecular weight is 387 g/mol. The Morgan fingerprint density at radius 3 is 2.71 bits per heavy atom. The number of aromatic amines is 1. The summed E-state index contributed by atoms with van der Waals surface area (Å²) in [6, 6.07) is 15.2. The summed E-state index contributed by atoms with van der Waals surface area (Å²) in [6.07, 6.45) is 3.70. The Bertz CT molecular complexity index is 1360. The van der Waals surface area contributed by atoms with Crippen molar-refractivity contribution in [3.05, 3.63) is 69.7 Å². The number of aromatic hydroxyl groups is 2. The first kappa shape index (κ1) is 16.4. The van der Waals surface area contributed by atoms with E-state index in [9.17, 15) is 10.2 Å². The molecule has 0 radical (unpaired) electrons. The van der Waals surface area contributed by atoms with Gasteiger partial charge in [0.25, 0.3) is 0 Å². The van der Waals surface area contributed by atoms with Gasteiger partial charge in [-0.2, -0.15) is 4.98 Å². The first-order valence-corrected chi connectivity index (χ1v) is 9.27. The largest absolute Gasteiger partial charge is 0.493 e. The third-order valence-electron chi connectivity index (χ3n) is 4.29.